The van der Waals surface area contributed by atoms with Crippen LogP contribution in [0.25, 0.3) is 0 Å². The van der Waals surface area contributed by atoms with E-state index < -0.39 is 0 Å². The summed E-state index contributed by atoms with van der Waals surface area (Å²) in [6.45, 7) is 9.03. The van der Waals surface area contributed by atoms with E-state index in [1.807, 2.05) is 0 Å². The number of carbonyl (C=O) groups excluding carboxylic acids is 1. The summed E-state index contributed by atoms with van der Waals surface area (Å²) >= 11 is 0. The molecule has 0 aromatic heterocycles. The van der Waals surface area contributed by atoms with Crippen LogP contribution in [0, 0.1) is 0 Å². The molecule has 3 aliphatic heterocycles. The van der Waals surface area contributed by atoms with Gasteiger partial charge in [-0.15, -0.1) is 0 Å². The maximum absolute atomic E-state index is 12.5. The molecule has 26 heavy (non-hydrogen) atoms. The molecule has 1 aromatic rings. The first-order valence-corrected chi connectivity index (χ1v) is 10.3. The molecule has 0 aliphatic carbocycles. The Hall–Kier alpha value is -1.59. The van der Waals surface area contributed by atoms with Crippen molar-refractivity contribution in [3.8, 4) is 0 Å². The zero-order chi connectivity index (χ0) is 17.8. The van der Waals surface area contributed by atoms with Gasteiger partial charge in [0.1, 0.15) is 0 Å². The number of rotatable bonds is 4. The van der Waals surface area contributed by atoms with Crippen LogP contribution in [0.2, 0.25) is 0 Å². The molecule has 3 aliphatic rings. The molecule has 0 bridgehead atoms. The van der Waals surface area contributed by atoms with Gasteiger partial charge in [-0.05, 0) is 50.9 Å². The Morgan fingerprint density at radius 1 is 0.846 bits per heavy atom. The second-order valence-electron chi connectivity index (χ2n) is 7.95. The predicted molar refractivity (Wildman–Crippen MR) is 106 cm³/mol. The third-order valence-corrected chi connectivity index (χ3v) is 6.33. The van der Waals surface area contributed by atoms with E-state index in [0.717, 1.165) is 52.4 Å². The van der Waals surface area contributed by atoms with Crippen LogP contribution in [-0.2, 0) is 4.79 Å². The van der Waals surface area contributed by atoms with Gasteiger partial charge in [-0.3, -0.25) is 14.6 Å². The van der Waals surface area contributed by atoms with E-state index in [9.17, 15) is 4.79 Å². The highest BCUT2D eigenvalue weighted by molar-refractivity contribution is 5.78. The van der Waals surface area contributed by atoms with Gasteiger partial charge in [-0.1, -0.05) is 18.2 Å². The molecule has 0 unspecified atom stereocenters. The maximum Gasteiger partial charge on any atom is 0.236 e. The van der Waals surface area contributed by atoms with E-state index in [2.05, 4.69) is 49.9 Å². The lowest BCUT2D eigenvalue weighted by molar-refractivity contribution is -0.134. The lowest BCUT2D eigenvalue weighted by Crippen LogP contribution is -2.55. The largest absolute Gasteiger partial charge is 0.371 e. The fourth-order valence-electron chi connectivity index (χ4n) is 4.70. The predicted octanol–water partition coefficient (Wildman–Crippen LogP) is 1.90. The maximum atomic E-state index is 12.5. The molecule has 0 spiro atoms. The molecule has 3 fully saturated rings. The molecule has 0 atom stereocenters. The van der Waals surface area contributed by atoms with E-state index in [0.29, 0.717) is 18.5 Å². The Morgan fingerprint density at radius 3 is 2.15 bits per heavy atom. The zero-order valence-corrected chi connectivity index (χ0v) is 15.9. The molecule has 1 amide bonds. The van der Waals surface area contributed by atoms with Gasteiger partial charge in [0.15, 0.2) is 0 Å². The molecule has 3 saturated heterocycles. The molecule has 1 aromatic carbocycles. The van der Waals surface area contributed by atoms with Crippen molar-refractivity contribution in [2.24, 2.45) is 0 Å². The average molecular weight is 357 g/mol. The summed E-state index contributed by atoms with van der Waals surface area (Å²) in [5, 5.41) is 0. The summed E-state index contributed by atoms with van der Waals surface area (Å²) in [5.74, 6) is 0.338. The third kappa shape index (κ3) is 4.21. The number of hydrogen-bond donors (Lipinski definition) is 0. The number of nitrogens with zero attached hydrogens (tertiary/aromatic N) is 4. The van der Waals surface area contributed by atoms with E-state index in [4.69, 9.17) is 0 Å². The van der Waals surface area contributed by atoms with Crippen LogP contribution in [0.3, 0.4) is 0 Å². The quantitative estimate of drug-likeness (QED) is 0.824. The summed E-state index contributed by atoms with van der Waals surface area (Å²) < 4.78 is 0. The Bertz CT molecular complexity index is 571. The molecule has 0 radical (unpaired) electrons. The number of carbonyl (C=O) groups is 1. The van der Waals surface area contributed by atoms with Crippen molar-refractivity contribution in [2.45, 2.75) is 31.7 Å². The Kier molecular flexibility index (Phi) is 5.75. The van der Waals surface area contributed by atoms with Gasteiger partial charge in [-0.25, -0.2) is 0 Å². The van der Waals surface area contributed by atoms with Gasteiger partial charge in [0, 0.05) is 51.0 Å². The number of likely N-dealkylation sites (tertiary alicyclic amines) is 1. The van der Waals surface area contributed by atoms with E-state index in [1.54, 1.807) is 0 Å². The molecular formula is C21H32N4O. The average Bonchev–Trinajstić information content (AvgIpc) is 3.22. The first-order chi connectivity index (χ1) is 12.8. The molecule has 5 nitrogen and oxygen atoms in total. The van der Waals surface area contributed by atoms with Gasteiger partial charge >= 0.3 is 0 Å². The number of hydrogen-bond acceptors (Lipinski definition) is 4. The first-order valence-electron chi connectivity index (χ1n) is 10.3. The summed E-state index contributed by atoms with van der Waals surface area (Å²) in [5.41, 5.74) is 1.35. The Morgan fingerprint density at radius 2 is 1.50 bits per heavy atom. The van der Waals surface area contributed by atoms with Gasteiger partial charge < -0.3 is 9.80 Å². The summed E-state index contributed by atoms with van der Waals surface area (Å²) in [7, 11) is 0. The Balaban J connectivity index is 1.21. The van der Waals surface area contributed by atoms with Gasteiger partial charge in [0.25, 0.3) is 0 Å². The number of amides is 1. The van der Waals surface area contributed by atoms with Crippen LogP contribution in [0.4, 0.5) is 5.69 Å². The molecule has 4 rings (SSSR count). The van der Waals surface area contributed by atoms with Crippen LogP contribution < -0.4 is 4.90 Å². The molecule has 3 heterocycles. The molecule has 0 N–H and O–H groups in total. The second-order valence-corrected chi connectivity index (χ2v) is 7.95. The molecule has 142 valence electrons. The lowest BCUT2D eigenvalue weighted by Gasteiger charge is -2.43. The van der Waals surface area contributed by atoms with E-state index in [-0.39, 0.29) is 0 Å². The van der Waals surface area contributed by atoms with Gasteiger partial charge in [-0.2, -0.15) is 0 Å². The van der Waals surface area contributed by atoms with Crippen molar-refractivity contribution in [2.75, 3.05) is 63.8 Å². The highest BCUT2D eigenvalue weighted by atomic mass is 16.2. The Labute approximate surface area is 157 Å². The van der Waals surface area contributed by atoms with Gasteiger partial charge in [0.05, 0.1) is 6.54 Å². The smallest absolute Gasteiger partial charge is 0.236 e. The summed E-state index contributed by atoms with van der Waals surface area (Å²) in [6, 6.07) is 11.4. The minimum absolute atomic E-state index is 0.338. The summed E-state index contributed by atoms with van der Waals surface area (Å²) in [6.07, 6.45) is 4.97. The van der Waals surface area contributed by atoms with Crippen molar-refractivity contribution in [1.82, 2.24) is 14.7 Å². The van der Waals surface area contributed by atoms with Crippen molar-refractivity contribution in [3.63, 3.8) is 0 Å². The SMILES string of the molecule is O=C(CN1CCCC1)N1CCN(C2CCN(c3ccccc3)CC2)CC1. The minimum Gasteiger partial charge on any atom is -0.371 e. The normalized spacial score (nSPS) is 23.5. The number of anilines is 1. The highest BCUT2D eigenvalue weighted by Gasteiger charge is 2.29. The van der Waals surface area contributed by atoms with Crippen LogP contribution in [0.1, 0.15) is 25.7 Å². The number of benzene rings is 1. The van der Waals surface area contributed by atoms with Crippen LogP contribution in [-0.4, -0.2) is 85.6 Å². The van der Waals surface area contributed by atoms with Crippen LogP contribution in [0.15, 0.2) is 30.3 Å². The van der Waals surface area contributed by atoms with E-state index >= 15 is 0 Å². The lowest BCUT2D eigenvalue weighted by atomic mass is 10.0. The van der Waals surface area contributed by atoms with Crippen molar-refractivity contribution < 1.29 is 4.79 Å². The number of para-hydroxylation sites is 1. The number of piperazine rings is 1. The van der Waals surface area contributed by atoms with Crippen molar-refractivity contribution in [1.29, 1.82) is 0 Å². The van der Waals surface area contributed by atoms with Crippen LogP contribution in [0.5, 0.6) is 0 Å². The molecule has 0 saturated carbocycles. The second kappa shape index (κ2) is 8.40. The fourth-order valence-corrected chi connectivity index (χ4v) is 4.70. The summed E-state index contributed by atoms with van der Waals surface area (Å²) in [4.78, 5) is 22.0. The number of piperidine rings is 1. The van der Waals surface area contributed by atoms with Crippen LogP contribution >= 0.6 is 0 Å². The fraction of sp³-hybridized carbons (Fsp3) is 0.667. The first kappa shape index (κ1) is 17.8. The molecular weight excluding hydrogens is 324 g/mol. The molecule has 5 heteroatoms. The minimum atomic E-state index is 0.338. The zero-order valence-electron chi connectivity index (χ0n) is 15.9. The van der Waals surface area contributed by atoms with Crippen molar-refractivity contribution in [3.05, 3.63) is 30.3 Å². The standard InChI is InChI=1S/C21H32N4O/c26-21(18-22-10-4-5-11-22)25-16-14-24(15-17-25)20-8-12-23(13-9-20)19-6-2-1-3-7-19/h1-3,6-7,20H,4-5,8-18H2. The monoisotopic (exact) mass is 356 g/mol. The third-order valence-electron chi connectivity index (χ3n) is 6.33. The van der Waals surface area contributed by atoms with Crippen molar-refractivity contribution >= 4 is 11.6 Å². The van der Waals surface area contributed by atoms with Gasteiger partial charge in [0.2, 0.25) is 5.91 Å². The highest BCUT2D eigenvalue weighted by Crippen LogP contribution is 2.23. The topological polar surface area (TPSA) is 30.0 Å². The van der Waals surface area contributed by atoms with E-state index in [1.165, 1.54) is 31.4 Å².